The molecule has 3 aromatic rings. The van der Waals surface area contributed by atoms with Crippen LogP contribution in [0.25, 0.3) is 11.6 Å². The number of aromatic nitrogens is 1. The topological polar surface area (TPSA) is 68.3 Å². The van der Waals surface area contributed by atoms with Gasteiger partial charge in [0.1, 0.15) is 23.4 Å². The van der Waals surface area contributed by atoms with Gasteiger partial charge in [-0.15, -0.1) is 0 Å². The number of nitrogens with zero attached hydrogens (tertiary/aromatic N) is 1. The van der Waals surface area contributed by atoms with Crippen molar-refractivity contribution in [1.82, 2.24) is 10.3 Å². The first-order valence-corrected chi connectivity index (χ1v) is 10.9. The molecule has 1 aromatic heterocycles. The molecule has 2 aromatic carbocycles. The molecule has 7 heteroatoms. The van der Waals surface area contributed by atoms with Crippen LogP contribution < -0.4 is 5.32 Å². The van der Waals surface area contributed by atoms with Crippen molar-refractivity contribution in [3.05, 3.63) is 101 Å². The van der Waals surface area contributed by atoms with Crippen LogP contribution in [-0.4, -0.2) is 30.0 Å². The molecule has 1 amide bonds. The second kappa shape index (κ2) is 11.8. The van der Waals surface area contributed by atoms with E-state index in [-0.39, 0.29) is 23.2 Å². The summed E-state index contributed by atoms with van der Waals surface area (Å²) in [7, 11) is 1.27. The summed E-state index contributed by atoms with van der Waals surface area (Å²) in [5.74, 6) is -1.98. The van der Waals surface area contributed by atoms with Gasteiger partial charge in [0.05, 0.1) is 7.11 Å². The fourth-order valence-corrected chi connectivity index (χ4v) is 3.55. The van der Waals surface area contributed by atoms with Crippen molar-refractivity contribution in [2.24, 2.45) is 5.92 Å². The van der Waals surface area contributed by atoms with Crippen molar-refractivity contribution < 1.29 is 23.1 Å². The fraction of sp³-hybridized carbons (Fsp3) is 0.222. The van der Waals surface area contributed by atoms with Crippen LogP contribution in [0, 0.1) is 17.6 Å². The number of carbonyl (C=O) groups excluding carboxylic acids is 2. The number of ether oxygens (including phenoxy) is 1. The van der Waals surface area contributed by atoms with Crippen LogP contribution >= 0.6 is 0 Å². The molecule has 0 aliphatic carbocycles. The number of halogens is 2. The highest BCUT2D eigenvalue weighted by Crippen LogP contribution is 2.27. The molecular weight excluding hydrogens is 438 g/mol. The molecule has 5 nitrogen and oxygen atoms in total. The molecule has 0 saturated heterocycles. The van der Waals surface area contributed by atoms with E-state index >= 15 is 0 Å². The summed E-state index contributed by atoms with van der Waals surface area (Å²) in [6.07, 6.45) is 4.45. The largest absolute Gasteiger partial charge is 0.467 e. The smallest absolute Gasteiger partial charge is 0.328 e. The Bertz CT molecular complexity index is 1130. The average molecular weight is 465 g/mol. The third-order valence-electron chi connectivity index (χ3n) is 5.50. The van der Waals surface area contributed by atoms with Gasteiger partial charge in [-0.2, -0.15) is 0 Å². The van der Waals surface area contributed by atoms with E-state index in [0.717, 1.165) is 16.7 Å². The van der Waals surface area contributed by atoms with E-state index in [1.807, 2.05) is 13.0 Å². The molecule has 0 bridgehead atoms. The van der Waals surface area contributed by atoms with Crippen molar-refractivity contribution in [2.45, 2.75) is 25.8 Å². The van der Waals surface area contributed by atoms with Gasteiger partial charge in [-0.3, -0.25) is 9.78 Å². The second-order valence-electron chi connectivity index (χ2n) is 7.93. The number of esters is 1. The first kappa shape index (κ1) is 24.8. The number of pyridine rings is 1. The van der Waals surface area contributed by atoms with Crippen molar-refractivity contribution >= 4 is 23.5 Å². The minimum atomic E-state index is -0.875. The van der Waals surface area contributed by atoms with Crippen molar-refractivity contribution in [1.29, 1.82) is 0 Å². The number of hydrogen-bond acceptors (Lipinski definition) is 4. The number of benzene rings is 2. The predicted molar refractivity (Wildman–Crippen MR) is 127 cm³/mol. The first-order valence-electron chi connectivity index (χ1n) is 10.9. The SMILES string of the molecule is COC(=O)[C@@H](NC(=O)c1ccccn1)[C@@H](C)CC/C(=C/c1ccc(F)cc1)c1ccc(F)cc1. The molecule has 2 atom stereocenters. The van der Waals surface area contributed by atoms with E-state index < -0.39 is 17.9 Å². The van der Waals surface area contributed by atoms with Crippen LogP contribution in [0.2, 0.25) is 0 Å². The Hall–Kier alpha value is -3.87. The highest BCUT2D eigenvalue weighted by molar-refractivity contribution is 5.95. The zero-order valence-electron chi connectivity index (χ0n) is 19.0. The monoisotopic (exact) mass is 464 g/mol. The Balaban J connectivity index is 1.79. The summed E-state index contributed by atoms with van der Waals surface area (Å²) in [5, 5.41) is 2.72. The normalized spacial score (nSPS) is 13.1. The van der Waals surface area contributed by atoms with Gasteiger partial charge in [0, 0.05) is 6.20 Å². The quantitative estimate of drug-likeness (QED) is 0.345. The van der Waals surface area contributed by atoms with Crippen molar-refractivity contribution in [3.8, 4) is 0 Å². The van der Waals surface area contributed by atoms with Crippen LogP contribution in [0.5, 0.6) is 0 Å². The Morgan fingerprint density at radius 2 is 1.65 bits per heavy atom. The maximum absolute atomic E-state index is 13.5. The van der Waals surface area contributed by atoms with E-state index in [1.54, 1.807) is 42.5 Å². The highest BCUT2D eigenvalue weighted by atomic mass is 19.1. The molecule has 0 radical (unpaired) electrons. The second-order valence-corrected chi connectivity index (χ2v) is 7.93. The molecule has 0 saturated carbocycles. The van der Waals surface area contributed by atoms with E-state index in [9.17, 15) is 18.4 Å². The number of methoxy groups -OCH3 is 1. The number of nitrogens with one attached hydrogen (secondary N) is 1. The summed E-state index contributed by atoms with van der Waals surface area (Å²) >= 11 is 0. The first-order chi connectivity index (χ1) is 16.4. The summed E-state index contributed by atoms with van der Waals surface area (Å²) in [5.41, 5.74) is 2.69. The molecule has 1 N–H and O–H groups in total. The maximum Gasteiger partial charge on any atom is 0.328 e. The van der Waals surface area contributed by atoms with Gasteiger partial charge in [0.25, 0.3) is 5.91 Å². The molecule has 0 aliphatic rings. The molecule has 34 heavy (non-hydrogen) atoms. The minimum absolute atomic E-state index is 0.201. The average Bonchev–Trinajstić information content (AvgIpc) is 2.86. The zero-order chi connectivity index (χ0) is 24.5. The van der Waals surface area contributed by atoms with E-state index in [2.05, 4.69) is 10.3 Å². The number of hydrogen-bond donors (Lipinski definition) is 1. The van der Waals surface area contributed by atoms with Crippen LogP contribution in [0.3, 0.4) is 0 Å². The van der Waals surface area contributed by atoms with Crippen LogP contribution in [-0.2, 0) is 9.53 Å². The predicted octanol–water partition coefficient (Wildman–Crippen LogP) is 5.29. The van der Waals surface area contributed by atoms with Crippen LogP contribution in [0.4, 0.5) is 8.78 Å². The molecular formula is C27H26F2N2O3. The van der Waals surface area contributed by atoms with Gasteiger partial charge in [0.2, 0.25) is 0 Å². The molecule has 0 unspecified atom stereocenters. The molecule has 0 spiro atoms. The van der Waals surface area contributed by atoms with Gasteiger partial charge >= 0.3 is 5.97 Å². The third kappa shape index (κ3) is 6.81. The molecule has 0 fully saturated rings. The highest BCUT2D eigenvalue weighted by Gasteiger charge is 2.28. The summed E-state index contributed by atoms with van der Waals surface area (Å²) in [6, 6.07) is 16.2. The Morgan fingerprint density at radius 1 is 1.00 bits per heavy atom. The maximum atomic E-state index is 13.5. The van der Waals surface area contributed by atoms with Gasteiger partial charge in [-0.25, -0.2) is 13.6 Å². The number of amides is 1. The standard InChI is InChI=1S/C27H26F2N2O3/c1-18(25(27(33)34-2)31-26(32)24-5-3-4-16-30-24)6-9-21(20-10-14-23(29)15-11-20)17-19-7-12-22(28)13-8-19/h3-5,7-8,10-18,25H,6,9H2,1-2H3,(H,31,32)/b21-17-/t18-,25-/m0/s1. The molecule has 0 aliphatic heterocycles. The van der Waals surface area contributed by atoms with Crippen molar-refractivity contribution in [3.63, 3.8) is 0 Å². The lowest BCUT2D eigenvalue weighted by Gasteiger charge is -2.23. The van der Waals surface area contributed by atoms with Gasteiger partial charge in [-0.1, -0.05) is 43.3 Å². The van der Waals surface area contributed by atoms with Gasteiger partial charge in [0.15, 0.2) is 0 Å². The zero-order valence-corrected chi connectivity index (χ0v) is 19.0. The van der Waals surface area contributed by atoms with E-state index in [4.69, 9.17) is 4.74 Å². The fourth-order valence-electron chi connectivity index (χ4n) is 3.55. The molecule has 1 heterocycles. The minimum Gasteiger partial charge on any atom is -0.467 e. The van der Waals surface area contributed by atoms with Crippen LogP contribution in [0.1, 0.15) is 41.4 Å². The lowest BCUT2D eigenvalue weighted by Crippen LogP contribution is -2.46. The van der Waals surface area contributed by atoms with Gasteiger partial charge in [-0.05, 0) is 71.9 Å². The third-order valence-corrected chi connectivity index (χ3v) is 5.50. The number of allylic oxidation sites excluding steroid dienone is 1. The Morgan fingerprint density at radius 3 is 2.24 bits per heavy atom. The summed E-state index contributed by atoms with van der Waals surface area (Å²) < 4.78 is 31.7. The van der Waals surface area contributed by atoms with E-state index in [1.165, 1.54) is 37.6 Å². The number of rotatable bonds is 9. The summed E-state index contributed by atoms with van der Waals surface area (Å²) in [4.78, 5) is 29.0. The summed E-state index contributed by atoms with van der Waals surface area (Å²) in [6.45, 7) is 1.85. The van der Waals surface area contributed by atoms with E-state index in [0.29, 0.717) is 12.8 Å². The lowest BCUT2D eigenvalue weighted by atomic mass is 9.90. The Labute approximate surface area is 197 Å². The Kier molecular flexibility index (Phi) is 8.62. The lowest BCUT2D eigenvalue weighted by molar-refractivity contribution is -0.144. The van der Waals surface area contributed by atoms with Crippen molar-refractivity contribution in [2.75, 3.05) is 7.11 Å². The van der Waals surface area contributed by atoms with Gasteiger partial charge < -0.3 is 10.1 Å². The molecule has 3 rings (SSSR count). The number of carbonyl (C=O) groups is 2. The molecule has 176 valence electrons. The van der Waals surface area contributed by atoms with Crippen LogP contribution in [0.15, 0.2) is 72.9 Å².